The van der Waals surface area contributed by atoms with E-state index in [0.29, 0.717) is 10.9 Å². The van der Waals surface area contributed by atoms with Crippen LogP contribution < -0.4 is 0 Å². The molecule has 0 fully saturated rings. The minimum Gasteiger partial charge on any atom is -0.288 e. The van der Waals surface area contributed by atoms with Gasteiger partial charge in [0.05, 0.1) is 5.52 Å². The van der Waals surface area contributed by atoms with Gasteiger partial charge >= 0.3 is 0 Å². The van der Waals surface area contributed by atoms with Gasteiger partial charge in [0, 0.05) is 18.1 Å². The smallest absolute Gasteiger partial charge is 0.186 e. The average Bonchev–Trinajstić information content (AvgIpc) is 2.35. The fourth-order valence-electron chi connectivity index (χ4n) is 1.49. The number of hydrogen-bond acceptors (Lipinski definition) is 4. The minimum absolute atomic E-state index is 0.123. The molecule has 0 spiro atoms. The summed E-state index contributed by atoms with van der Waals surface area (Å²) in [6, 6.07) is 5.79. The van der Waals surface area contributed by atoms with E-state index in [-0.39, 0.29) is 5.12 Å². The number of halogens is 1. The molecule has 0 bridgehead atoms. The third kappa shape index (κ3) is 3.31. The quantitative estimate of drug-likeness (QED) is 0.805. The first-order valence-electron chi connectivity index (χ1n) is 5.37. The van der Waals surface area contributed by atoms with E-state index in [1.807, 2.05) is 30.4 Å². The Bertz CT molecular complexity index is 613. The van der Waals surface area contributed by atoms with E-state index in [1.165, 1.54) is 18.1 Å². The highest BCUT2D eigenvalue weighted by molar-refractivity contribution is 8.13. The number of fused-ring (bicyclic) bond motifs is 1. The van der Waals surface area contributed by atoms with Crippen LogP contribution in [0, 0.1) is 0 Å². The summed E-state index contributed by atoms with van der Waals surface area (Å²) in [4.78, 5) is 18.9. The summed E-state index contributed by atoms with van der Waals surface area (Å²) in [5, 5.41) is 1.43. The summed E-state index contributed by atoms with van der Waals surface area (Å²) in [6.07, 6.45) is 5.37. The molecule has 0 amide bonds. The van der Waals surface area contributed by atoms with Crippen LogP contribution >= 0.6 is 23.4 Å². The molecule has 2 aromatic rings. The Labute approximate surface area is 114 Å². The zero-order chi connectivity index (χ0) is 13.0. The number of thioether (sulfide) groups is 1. The molecule has 18 heavy (non-hydrogen) atoms. The number of aromatic nitrogens is 2. The first kappa shape index (κ1) is 13.1. The standard InChI is InChI=1S/C13H11ClN2OS/c1-9(17)18-6-2-3-10-4-5-11-12(7-10)15-8-16-13(11)14/h2-5,7-8H,6H2,1H3. The van der Waals surface area contributed by atoms with Crippen LogP contribution in [0.3, 0.4) is 0 Å². The maximum atomic E-state index is 10.8. The SMILES string of the molecule is CC(=O)SCC=Cc1ccc2c(Cl)ncnc2c1. The number of nitrogens with zero attached hydrogens (tertiary/aromatic N) is 2. The van der Waals surface area contributed by atoms with Crippen molar-refractivity contribution in [2.45, 2.75) is 6.92 Å². The maximum Gasteiger partial charge on any atom is 0.186 e. The van der Waals surface area contributed by atoms with Crippen LogP contribution in [0.15, 0.2) is 30.6 Å². The van der Waals surface area contributed by atoms with Gasteiger partial charge in [-0.15, -0.1) is 0 Å². The van der Waals surface area contributed by atoms with Crippen molar-refractivity contribution in [2.24, 2.45) is 0 Å². The largest absolute Gasteiger partial charge is 0.288 e. The molecule has 5 heteroatoms. The molecular formula is C13H11ClN2OS. The molecule has 3 nitrogen and oxygen atoms in total. The van der Waals surface area contributed by atoms with Gasteiger partial charge in [0.2, 0.25) is 0 Å². The van der Waals surface area contributed by atoms with Crippen LogP contribution in [-0.2, 0) is 4.79 Å². The van der Waals surface area contributed by atoms with Crippen molar-refractivity contribution in [2.75, 3.05) is 5.75 Å². The van der Waals surface area contributed by atoms with Crippen LogP contribution in [0.1, 0.15) is 12.5 Å². The Morgan fingerprint density at radius 1 is 1.44 bits per heavy atom. The number of rotatable bonds is 3. The van der Waals surface area contributed by atoms with Crippen molar-refractivity contribution < 1.29 is 4.79 Å². The van der Waals surface area contributed by atoms with Crippen LogP contribution in [0.2, 0.25) is 5.15 Å². The van der Waals surface area contributed by atoms with E-state index < -0.39 is 0 Å². The van der Waals surface area contributed by atoms with Gasteiger partial charge in [-0.1, -0.05) is 41.6 Å². The summed E-state index contributed by atoms with van der Waals surface area (Å²) >= 11 is 7.25. The molecule has 0 radical (unpaired) electrons. The Kier molecular flexibility index (Phi) is 4.33. The zero-order valence-electron chi connectivity index (χ0n) is 9.76. The van der Waals surface area contributed by atoms with Gasteiger partial charge < -0.3 is 0 Å². The van der Waals surface area contributed by atoms with Crippen molar-refractivity contribution in [1.29, 1.82) is 0 Å². The second kappa shape index (κ2) is 5.98. The summed E-state index contributed by atoms with van der Waals surface area (Å²) < 4.78 is 0. The highest BCUT2D eigenvalue weighted by Gasteiger charge is 2.00. The number of carbonyl (C=O) groups excluding carboxylic acids is 1. The van der Waals surface area contributed by atoms with Crippen molar-refractivity contribution in [3.05, 3.63) is 41.3 Å². The Hall–Kier alpha value is -1.39. The molecule has 0 aliphatic heterocycles. The number of benzene rings is 1. The monoisotopic (exact) mass is 278 g/mol. The second-order valence-corrected chi connectivity index (χ2v) is 5.20. The molecule has 0 atom stereocenters. The van der Waals surface area contributed by atoms with Gasteiger partial charge in [-0.3, -0.25) is 4.79 Å². The maximum absolute atomic E-state index is 10.8. The molecule has 2 rings (SSSR count). The molecule has 0 N–H and O–H groups in total. The van der Waals surface area contributed by atoms with E-state index in [9.17, 15) is 4.79 Å². The zero-order valence-corrected chi connectivity index (χ0v) is 11.3. The predicted molar refractivity (Wildman–Crippen MR) is 76.7 cm³/mol. The van der Waals surface area contributed by atoms with Crippen LogP contribution in [0.4, 0.5) is 0 Å². The van der Waals surface area contributed by atoms with Crippen LogP contribution in [0.5, 0.6) is 0 Å². The fourth-order valence-corrected chi connectivity index (χ4v) is 2.13. The molecule has 1 aromatic carbocycles. The Balaban J connectivity index is 2.18. The summed E-state index contributed by atoms with van der Waals surface area (Å²) in [7, 11) is 0. The Morgan fingerprint density at radius 3 is 3.06 bits per heavy atom. The van der Waals surface area contributed by atoms with E-state index in [2.05, 4.69) is 9.97 Å². The molecule has 0 unspecified atom stereocenters. The molecular weight excluding hydrogens is 268 g/mol. The molecule has 0 aliphatic rings. The molecule has 0 aliphatic carbocycles. The average molecular weight is 279 g/mol. The van der Waals surface area contributed by atoms with Crippen molar-refractivity contribution in [3.63, 3.8) is 0 Å². The first-order chi connectivity index (χ1) is 8.66. The molecule has 0 saturated carbocycles. The van der Waals surface area contributed by atoms with Gasteiger partial charge in [-0.05, 0) is 17.7 Å². The lowest BCUT2D eigenvalue weighted by Gasteiger charge is -2.00. The Morgan fingerprint density at radius 2 is 2.28 bits per heavy atom. The van der Waals surface area contributed by atoms with Crippen LogP contribution in [-0.4, -0.2) is 20.8 Å². The second-order valence-electron chi connectivity index (χ2n) is 3.65. The highest BCUT2D eigenvalue weighted by atomic mass is 35.5. The first-order valence-corrected chi connectivity index (χ1v) is 6.73. The molecule has 0 saturated heterocycles. The third-order valence-electron chi connectivity index (χ3n) is 2.31. The number of carbonyl (C=O) groups is 1. The summed E-state index contributed by atoms with van der Waals surface area (Å²) in [5.74, 6) is 0.678. The normalized spacial score (nSPS) is 11.2. The lowest BCUT2D eigenvalue weighted by molar-refractivity contribution is -0.109. The van der Waals surface area contributed by atoms with Gasteiger partial charge in [0.15, 0.2) is 5.12 Å². The third-order valence-corrected chi connectivity index (χ3v) is 3.37. The van der Waals surface area contributed by atoms with E-state index in [4.69, 9.17) is 11.6 Å². The van der Waals surface area contributed by atoms with E-state index in [0.717, 1.165) is 16.5 Å². The van der Waals surface area contributed by atoms with Crippen molar-refractivity contribution >= 4 is 45.5 Å². The number of hydrogen-bond donors (Lipinski definition) is 0. The highest BCUT2D eigenvalue weighted by Crippen LogP contribution is 2.20. The van der Waals surface area contributed by atoms with Crippen molar-refractivity contribution in [3.8, 4) is 0 Å². The fraction of sp³-hybridized carbons (Fsp3) is 0.154. The lowest BCUT2D eigenvalue weighted by Crippen LogP contribution is -1.85. The molecule has 1 heterocycles. The summed E-state index contributed by atoms with van der Waals surface area (Å²) in [6.45, 7) is 1.56. The predicted octanol–water partition coefficient (Wildman–Crippen LogP) is 3.58. The van der Waals surface area contributed by atoms with Crippen molar-refractivity contribution in [1.82, 2.24) is 9.97 Å². The molecule has 92 valence electrons. The van der Waals surface area contributed by atoms with Crippen LogP contribution in [0.25, 0.3) is 17.0 Å². The van der Waals surface area contributed by atoms with Gasteiger partial charge in [-0.25, -0.2) is 9.97 Å². The molecule has 1 aromatic heterocycles. The van der Waals surface area contributed by atoms with Gasteiger partial charge in [-0.2, -0.15) is 0 Å². The van der Waals surface area contributed by atoms with E-state index >= 15 is 0 Å². The topological polar surface area (TPSA) is 42.9 Å². The van der Waals surface area contributed by atoms with Gasteiger partial charge in [0.25, 0.3) is 0 Å². The van der Waals surface area contributed by atoms with Gasteiger partial charge in [0.1, 0.15) is 11.5 Å². The lowest BCUT2D eigenvalue weighted by atomic mass is 10.1. The van der Waals surface area contributed by atoms with E-state index in [1.54, 1.807) is 6.92 Å². The minimum atomic E-state index is 0.123. The summed E-state index contributed by atoms with van der Waals surface area (Å²) in [5.41, 5.74) is 1.85.